The van der Waals surface area contributed by atoms with Crippen molar-refractivity contribution in [1.29, 1.82) is 0 Å². The van der Waals surface area contributed by atoms with Crippen molar-refractivity contribution in [2.75, 3.05) is 0 Å². The summed E-state index contributed by atoms with van der Waals surface area (Å²) in [5.41, 5.74) is 7.99. The first-order chi connectivity index (χ1) is 9.23. The van der Waals surface area contributed by atoms with Gasteiger partial charge in [-0.2, -0.15) is 0 Å². The summed E-state index contributed by atoms with van der Waals surface area (Å²) in [4.78, 5) is 0. The fourth-order valence-electron chi connectivity index (χ4n) is 3.53. The van der Waals surface area contributed by atoms with Gasteiger partial charge in [0.2, 0.25) is 0 Å². The van der Waals surface area contributed by atoms with Crippen molar-refractivity contribution in [2.45, 2.75) is 44.6 Å². The molecule has 2 aromatic carbocycles. The van der Waals surface area contributed by atoms with Crippen LogP contribution in [0.1, 0.15) is 44.6 Å². The van der Waals surface area contributed by atoms with Crippen molar-refractivity contribution in [3.8, 4) is 0 Å². The van der Waals surface area contributed by atoms with Gasteiger partial charge in [0.1, 0.15) is 0 Å². The van der Waals surface area contributed by atoms with Gasteiger partial charge in [-0.25, -0.2) is 0 Å². The average molecular weight is 253 g/mol. The fraction of sp³-hybridized carbons (Fsp3) is 0.444. The molecule has 0 radical (unpaired) electrons. The molecule has 19 heavy (non-hydrogen) atoms. The van der Waals surface area contributed by atoms with Crippen molar-refractivity contribution in [3.05, 3.63) is 48.0 Å². The topological polar surface area (TPSA) is 26.0 Å². The van der Waals surface area contributed by atoms with Crippen molar-refractivity contribution in [3.63, 3.8) is 0 Å². The molecule has 1 fully saturated rings. The van der Waals surface area contributed by atoms with E-state index in [9.17, 15) is 0 Å². The van der Waals surface area contributed by atoms with Gasteiger partial charge in [0.05, 0.1) is 0 Å². The van der Waals surface area contributed by atoms with Crippen LogP contribution in [0.15, 0.2) is 42.5 Å². The van der Waals surface area contributed by atoms with E-state index in [0.29, 0.717) is 0 Å². The normalized spacial score (nSPS) is 27.6. The predicted molar refractivity (Wildman–Crippen MR) is 82.1 cm³/mol. The zero-order chi connectivity index (χ0) is 13.3. The molecular weight excluding hydrogens is 230 g/mol. The summed E-state index contributed by atoms with van der Waals surface area (Å²) in [7, 11) is 0. The Bertz CT molecular complexity index is 559. The molecule has 2 N–H and O–H groups in total. The number of nitrogens with two attached hydrogens (primary N) is 1. The maximum Gasteiger partial charge on any atom is 0.0416 e. The number of fused-ring (bicyclic) bond motifs is 1. The first kappa shape index (κ1) is 12.7. The molecule has 1 aliphatic rings. The van der Waals surface area contributed by atoms with Crippen LogP contribution in [0.5, 0.6) is 0 Å². The van der Waals surface area contributed by atoms with E-state index < -0.39 is 0 Å². The van der Waals surface area contributed by atoms with Gasteiger partial charge in [-0.15, -0.1) is 0 Å². The monoisotopic (exact) mass is 253 g/mol. The summed E-state index contributed by atoms with van der Waals surface area (Å²) < 4.78 is 0. The van der Waals surface area contributed by atoms with E-state index in [0.717, 1.165) is 18.8 Å². The SMILES string of the molecule is CCC1CCC(N)(c2cccc3ccccc23)CC1. The standard InChI is InChI=1S/C18H23N/c1-2-14-10-12-18(19,13-11-14)17-9-5-7-15-6-3-4-8-16(15)17/h3-9,14H,2,10-13,19H2,1H3. The first-order valence-electron chi connectivity index (χ1n) is 7.50. The van der Waals surface area contributed by atoms with Gasteiger partial charge in [-0.1, -0.05) is 55.8 Å². The third-order valence-electron chi connectivity index (χ3n) is 4.90. The highest BCUT2D eigenvalue weighted by Crippen LogP contribution is 2.40. The second-order valence-electron chi connectivity index (χ2n) is 6.03. The molecule has 0 spiro atoms. The second kappa shape index (κ2) is 4.97. The van der Waals surface area contributed by atoms with Gasteiger partial charge in [0, 0.05) is 5.54 Å². The quantitative estimate of drug-likeness (QED) is 0.832. The van der Waals surface area contributed by atoms with Gasteiger partial charge in [0.25, 0.3) is 0 Å². The largest absolute Gasteiger partial charge is 0.321 e. The highest BCUT2D eigenvalue weighted by atomic mass is 14.7. The van der Waals surface area contributed by atoms with E-state index in [2.05, 4.69) is 49.4 Å². The molecule has 0 amide bonds. The molecule has 1 saturated carbocycles. The van der Waals surface area contributed by atoms with Gasteiger partial charge in [-0.05, 0) is 47.9 Å². The molecule has 0 heterocycles. The Morgan fingerprint density at radius 2 is 1.74 bits per heavy atom. The summed E-state index contributed by atoms with van der Waals surface area (Å²) in [5.74, 6) is 0.881. The minimum Gasteiger partial charge on any atom is -0.321 e. The Morgan fingerprint density at radius 3 is 2.47 bits per heavy atom. The molecule has 100 valence electrons. The zero-order valence-corrected chi connectivity index (χ0v) is 11.7. The van der Waals surface area contributed by atoms with Gasteiger partial charge < -0.3 is 5.73 Å². The summed E-state index contributed by atoms with van der Waals surface area (Å²) in [6.45, 7) is 2.30. The molecule has 1 nitrogen and oxygen atoms in total. The van der Waals surface area contributed by atoms with E-state index >= 15 is 0 Å². The second-order valence-corrected chi connectivity index (χ2v) is 6.03. The summed E-state index contributed by atoms with van der Waals surface area (Å²) in [6.07, 6.45) is 6.09. The smallest absolute Gasteiger partial charge is 0.0416 e. The number of hydrogen-bond acceptors (Lipinski definition) is 1. The molecule has 0 aromatic heterocycles. The van der Waals surface area contributed by atoms with E-state index in [1.54, 1.807) is 0 Å². The van der Waals surface area contributed by atoms with E-state index in [-0.39, 0.29) is 5.54 Å². The number of hydrogen-bond donors (Lipinski definition) is 1. The number of benzene rings is 2. The molecule has 1 heteroatoms. The maximum absolute atomic E-state index is 6.76. The minimum atomic E-state index is -0.119. The van der Waals surface area contributed by atoms with Crippen LogP contribution in [0.4, 0.5) is 0 Å². The number of rotatable bonds is 2. The third kappa shape index (κ3) is 2.28. The van der Waals surface area contributed by atoms with Crippen LogP contribution in [-0.4, -0.2) is 0 Å². The molecule has 2 aromatic rings. The Balaban J connectivity index is 2.00. The maximum atomic E-state index is 6.76. The minimum absolute atomic E-state index is 0.119. The molecule has 0 bridgehead atoms. The van der Waals surface area contributed by atoms with Crippen molar-refractivity contribution >= 4 is 10.8 Å². The lowest BCUT2D eigenvalue weighted by Crippen LogP contribution is -2.40. The van der Waals surface area contributed by atoms with E-state index in [1.807, 2.05) is 0 Å². The molecular formula is C18H23N. The predicted octanol–water partition coefficient (Wildman–Crippen LogP) is 4.59. The molecule has 0 saturated heterocycles. The molecule has 0 atom stereocenters. The summed E-state index contributed by atoms with van der Waals surface area (Å²) in [6, 6.07) is 15.2. The fourth-order valence-corrected chi connectivity index (χ4v) is 3.53. The van der Waals surface area contributed by atoms with Gasteiger partial charge in [0.15, 0.2) is 0 Å². The van der Waals surface area contributed by atoms with Crippen LogP contribution in [0.2, 0.25) is 0 Å². The molecule has 0 aliphatic heterocycles. The van der Waals surface area contributed by atoms with E-state index in [4.69, 9.17) is 5.73 Å². The van der Waals surface area contributed by atoms with Crippen LogP contribution in [0.25, 0.3) is 10.8 Å². The van der Waals surface area contributed by atoms with Crippen molar-refractivity contribution in [1.82, 2.24) is 0 Å². The Kier molecular flexibility index (Phi) is 3.32. The van der Waals surface area contributed by atoms with E-state index in [1.165, 1.54) is 35.6 Å². The molecule has 1 aliphatic carbocycles. The Morgan fingerprint density at radius 1 is 1.05 bits per heavy atom. The van der Waals surface area contributed by atoms with Gasteiger partial charge in [-0.3, -0.25) is 0 Å². The first-order valence-corrected chi connectivity index (χ1v) is 7.50. The third-order valence-corrected chi connectivity index (χ3v) is 4.90. The lowest BCUT2D eigenvalue weighted by molar-refractivity contribution is 0.233. The lowest BCUT2D eigenvalue weighted by Gasteiger charge is -2.38. The Labute approximate surface area is 115 Å². The summed E-state index contributed by atoms with van der Waals surface area (Å²) >= 11 is 0. The van der Waals surface area contributed by atoms with Crippen LogP contribution < -0.4 is 5.73 Å². The average Bonchev–Trinajstić information content (AvgIpc) is 2.47. The van der Waals surface area contributed by atoms with Crippen LogP contribution in [0.3, 0.4) is 0 Å². The lowest BCUT2D eigenvalue weighted by atomic mass is 9.72. The van der Waals surface area contributed by atoms with Crippen LogP contribution in [0, 0.1) is 5.92 Å². The van der Waals surface area contributed by atoms with Gasteiger partial charge >= 0.3 is 0 Å². The van der Waals surface area contributed by atoms with Crippen molar-refractivity contribution in [2.24, 2.45) is 11.7 Å². The highest BCUT2D eigenvalue weighted by molar-refractivity contribution is 5.86. The Hall–Kier alpha value is -1.34. The summed E-state index contributed by atoms with van der Waals surface area (Å²) in [5, 5.41) is 2.64. The zero-order valence-electron chi connectivity index (χ0n) is 11.7. The highest BCUT2D eigenvalue weighted by Gasteiger charge is 2.33. The molecule has 0 unspecified atom stereocenters. The van der Waals surface area contributed by atoms with Crippen LogP contribution >= 0.6 is 0 Å². The van der Waals surface area contributed by atoms with Crippen LogP contribution in [-0.2, 0) is 5.54 Å². The van der Waals surface area contributed by atoms with Crippen molar-refractivity contribution < 1.29 is 0 Å². The molecule has 3 rings (SSSR count).